The van der Waals surface area contributed by atoms with Crippen molar-refractivity contribution < 1.29 is 4.74 Å². The largest absolute Gasteiger partial charge is 0.378 e. The first-order valence-corrected chi connectivity index (χ1v) is 7.93. The van der Waals surface area contributed by atoms with Gasteiger partial charge < -0.3 is 10.1 Å². The molecule has 1 aliphatic rings. The summed E-state index contributed by atoms with van der Waals surface area (Å²) in [4.78, 5) is 5.43. The van der Waals surface area contributed by atoms with E-state index in [-0.39, 0.29) is 0 Å². The van der Waals surface area contributed by atoms with E-state index in [9.17, 15) is 0 Å². The highest BCUT2D eigenvalue weighted by molar-refractivity contribution is 7.09. The van der Waals surface area contributed by atoms with Crippen molar-refractivity contribution in [2.75, 3.05) is 6.61 Å². The van der Waals surface area contributed by atoms with E-state index in [0.29, 0.717) is 12.1 Å². The first-order chi connectivity index (χ1) is 8.83. The Morgan fingerprint density at radius 3 is 3.00 bits per heavy atom. The van der Waals surface area contributed by atoms with Gasteiger partial charge in [0.25, 0.3) is 0 Å². The van der Waals surface area contributed by atoms with Crippen LogP contribution in [0, 0.1) is 5.92 Å². The van der Waals surface area contributed by atoms with Crippen LogP contribution in [0.4, 0.5) is 0 Å². The monoisotopic (exact) mass is 268 g/mol. The molecule has 4 heteroatoms. The maximum Gasteiger partial charge on any atom is 0.0794 e. The molecular formula is C14H24N2OS. The molecule has 1 saturated heterocycles. The van der Waals surface area contributed by atoms with Gasteiger partial charge >= 0.3 is 0 Å². The molecule has 102 valence electrons. The van der Waals surface area contributed by atoms with Crippen molar-refractivity contribution in [2.24, 2.45) is 5.92 Å². The van der Waals surface area contributed by atoms with Gasteiger partial charge in [0, 0.05) is 30.3 Å². The Morgan fingerprint density at radius 1 is 1.50 bits per heavy atom. The van der Waals surface area contributed by atoms with Gasteiger partial charge in [0.2, 0.25) is 0 Å². The van der Waals surface area contributed by atoms with Crippen LogP contribution < -0.4 is 5.32 Å². The van der Waals surface area contributed by atoms with E-state index in [1.54, 1.807) is 11.3 Å². The van der Waals surface area contributed by atoms with E-state index in [0.717, 1.165) is 31.9 Å². The third-order valence-corrected chi connectivity index (χ3v) is 4.72. The van der Waals surface area contributed by atoms with Crippen molar-refractivity contribution in [3.63, 3.8) is 0 Å². The molecule has 0 aromatic carbocycles. The average Bonchev–Trinajstić information content (AvgIpc) is 2.92. The minimum absolute atomic E-state index is 0.452. The zero-order valence-corrected chi connectivity index (χ0v) is 12.2. The molecule has 1 fully saturated rings. The van der Waals surface area contributed by atoms with E-state index in [2.05, 4.69) is 24.1 Å². The predicted octanol–water partition coefficient (Wildman–Crippen LogP) is 3.22. The second-order valence-electron chi connectivity index (χ2n) is 5.06. The zero-order chi connectivity index (χ0) is 12.8. The van der Waals surface area contributed by atoms with Gasteiger partial charge in [0.15, 0.2) is 0 Å². The Hall–Kier alpha value is -0.450. The third-order valence-electron chi connectivity index (χ3n) is 3.94. The Morgan fingerprint density at radius 2 is 2.33 bits per heavy atom. The van der Waals surface area contributed by atoms with Crippen LogP contribution in [-0.4, -0.2) is 23.7 Å². The van der Waals surface area contributed by atoms with Gasteiger partial charge in [-0.1, -0.05) is 26.7 Å². The molecule has 0 spiro atoms. The molecule has 1 aromatic heterocycles. The van der Waals surface area contributed by atoms with Gasteiger partial charge in [0.1, 0.15) is 0 Å². The molecule has 0 bridgehead atoms. The molecule has 1 aliphatic heterocycles. The van der Waals surface area contributed by atoms with Gasteiger partial charge in [-0.2, -0.15) is 0 Å². The number of nitrogens with one attached hydrogen (secondary N) is 1. The normalized spacial score (nSPS) is 24.6. The van der Waals surface area contributed by atoms with Crippen molar-refractivity contribution in [2.45, 2.75) is 58.2 Å². The Kier molecular flexibility index (Phi) is 5.60. The molecule has 1 N–H and O–H groups in total. The molecular weight excluding hydrogens is 244 g/mol. The van der Waals surface area contributed by atoms with Crippen LogP contribution in [0.3, 0.4) is 0 Å². The number of thiazole rings is 1. The lowest BCUT2D eigenvalue weighted by molar-refractivity contribution is -0.0350. The highest BCUT2D eigenvalue weighted by atomic mass is 32.1. The first kappa shape index (κ1) is 14.0. The molecule has 1 aromatic rings. The third kappa shape index (κ3) is 3.77. The van der Waals surface area contributed by atoms with Gasteiger partial charge in [-0.05, 0) is 18.8 Å². The van der Waals surface area contributed by atoms with Crippen molar-refractivity contribution >= 4 is 11.3 Å². The lowest BCUT2D eigenvalue weighted by Crippen LogP contribution is -2.41. The average molecular weight is 268 g/mol. The molecule has 2 atom stereocenters. The fourth-order valence-electron chi connectivity index (χ4n) is 2.73. The van der Waals surface area contributed by atoms with Crippen LogP contribution in [0.1, 0.15) is 44.4 Å². The Balaban J connectivity index is 1.79. The molecule has 0 unspecified atom stereocenters. The molecule has 18 heavy (non-hydrogen) atoms. The van der Waals surface area contributed by atoms with Crippen LogP contribution in [0.2, 0.25) is 0 Å². The summed E-state index contributed by atoms with van der Waals surface area (Å²) in [5, 5.41) is 3.65. The summed E-state index contributed by atoms with van der Waals surface area (Å²) in [5.41, 5.74) is 1.90. The molecule has 3 nitrogen and oxygen atoms in total. The number of hydrogen-bond donors (Lipinski definition) is 1. The first-order valence-electron chi connectivity index (χ1n) is 7.05. The fourth-order valence-corrected chi connectivity index (χ4v) is 3.28. The number of ether oxygens (including phenoxy) is 1. The lowest BCUT2D eigenvalue weighted by Gasteiger charge is -2.34. The Labute approximate surface area is 114 Å². The minimum Gasteiger partial charge on any atom is -0.378 e. The zero-order valence-electron chi connectivity index (χ0n) is 11.4. The molecule has 2 rings (SSSR count). The quantitative estimate of drug-likeness (QED) is 0.860. The highest BCUT2D eigenvalue weighted by Crippen LogP contribution is 2.25. The summed E-state index contributed by atoms with van der Waals surface area (Å²) in [7, 11) is 0. The van der Waals surface area contributed by atoms with Gasteiger partial charge in [-0.3, -0.25) is 4.98 Å². The van der Waals surface area contributed by atoms with Crippen LogP contribution in [0.15, 0.2) is 11.7 Å². The summed E-state index contributed by atoms with van der Waals surface area (Å²) >= 11 is 1.72. The minimum atomic E-state index is 0.452. The van der Waals surface area contributed by atoms with Crippen LogP contribution >= 0.6 is 11.3 Å². The van der Waals surface area contributed by atoms with Crippen LogP contribution in [0.25, 0.3) is 0 Å². The summed E-state index contributed by atoms with van der Waals surface area (Å²) in [6.07, 6.45) is 7.15. The molecule has 2 heterocycles. The predicted molar refractivity (Wildman–Crippen MR) is 75.8 cm³/mol. The highest BCUT2D eigenvalue weighted by Gasteiger charge is 2.27. The lowest BCUT2D eigenvalue weighted by atomic mass is 9.89. The smallest absolute Gasteiger partial charge is 0.0794 e. The van der Waals surface area contributed by atoms with Gasteiger partial charge in [-0.15, -0.1) is 11.3 Å². The molecule has 0 aliphatic carbocycles. The number of rotatable bonds is 6. The number of aromatic nitrogens is 1. The second kappa shape index (κ2) is 7.22. The standard InChI is InChI=1S/C14H24N2OS/c1-3-11(4-2)14-7-12(5-6-17-14)16-9-13-8-15-10-18-13/h8,10-12,14,16H,3-7,9H2,1-2H3/t12-,14+/m0/s1. The molecule has 0 amide bonds. The summed E-state index contributed by atoms with van der Waals surface area (Å²) in [5.74, 6) is 0.720. The Bertz CT molecular complexity index is 325. The SMILES string of the molecule is CCC(CC)[C@H]1C[C@@H](NCc2cncs2)CCO1. The molecule has 0 saturated carbocycles. The maximum absolute atomic E-state index is 5.94. The number of hydrogen-bond acceptors (Lipinski definition) is 4. The molecule has 0 radical (unpaired) electrons. The van der Waals surface area contributed by atoms with Crippen molar-refractivity contribution in [1.29, 1.82) is 0 Å². The van der Waals surface area contributed by atoms with Gasteiger partial charge in [-0.25, -0.2) is 0 Å². The fraction of sp³-hybridized carbons (Fsp3) is 0.786. The van der Waals surface area contributed by atoms with Crippen molar-refractivity contribution in [1.82, 2.24) is 10.3 Å². The van der Waals surface area contributed by atoms with E-state index in [4.69, 9.17) is 4.74 Å². The van der Waals surface area contributed by atoms with E-state index in [1.807, 2.05) is 11.7 Å². The van der Waals surface area contributed by atoms with Crippen LogP contribution in [0.5, 0.6) is 0 Å². The van der Waals surface area contributed by atoms with Crippen molar-refractivity contribution in [3.05, 3.63) is 16.6 Å². The van der Waals surface area contributed by atoms with Gasteiger partial charge in [0.05, 0.1) is 11.6 Å². The number of nitrogens with zero attached hydrogens (tertiary/aromatic N) is 1. The maximum atomic E-state index is 5.94. The van der Waals surface area contributed by atoms with E-state index >= 15 is 0 Å². The summed E-state index contributed by atoms with van der Waals surface area (Å²) in [6.45, 7) is 6.39. The van der Waals surface area contributed by atoms with E-state index in [1.165, 1.54) is 17.7 Å². The topological polar surface area (TPSA) is 34.2 Å². The van der Waals surface area contributed by atoms with E-state index < -0.39 is 0 Å². The van der Waals surface area contributed by atoms with Crippen LogP contribution in [-0.2, 0) is 11.3 Å². The summed E-state index contributed by atoms with van der Waals surface area (Å²) in [6, 6.07) is 0.603. The van der Waals surface area contributed by atoms with Crippen molar-refractivity contribution in [3.8, 4) is 0 Å². The summed E-state index contributed by atoms with van der Waals surface area (Å²) < 4.78 is 5.94. The second-order valence-corrected chi connectivity index (χ2v) is 6.03.